The molecule has 0 saturated heterocycles. The number of rotatable bonds is 5. The van der Waals surface area contributed by atoms with Crippen LogP contribution in [0.5, 0.6) is 0 Å². The van der Waals surface area contributed by atoms with E-state index < -0.39 is 0 Å². The Morgan fingerprint density at radius 3 is 2.60 bits per heavy atom. The highest BCUT2D eigenvalue weighted by Crippen LogP contribution is 2.21. The van der Waals surface area contributed by atoms with Crippen LogP contribution < -0.4 is 10.6 Å². The van der Waals surface area contributed by atoms with Crippen molar-refractivity contribution in [2.24, 2.45) is 0 Å². The predicted molar refractivity (Wildman–Crippen MR) is 82.8 cm³/mol. The molecule has 20 heavy (non-hydrogen) atoms. The van der Waals surface area contributed by atoms with Crippen molar-refractivity contribution in [1.29, 1.82) is 0 Å². The van der Waals surface area contributed by atoms with Gasteiger partial charge in [0.25, 0.3) is 0 Å². The van der Waals surface area contributed by atoms with Crippen LogP contribution in [0.3, 0.4) is 0 Å². The molecule has 0 aromatic carbocycles. The molecule has 0 aliphatic heterocycles. The van der Waals surface area contributed by atoms with Crippen LogP contribution in [0, 0.1) is 0 Å². The zero-order valence-corrected chi connectivity index (χ0v) is 13.1. The number of nitrogens with two attached hydrogens (primary N) is 1. The van der Waals surface area contributed by atoms with Crippen LogP contribution in [0.1, 0.15) is 23.7 Å². The number of nitrogen functional groups attached to an aromatic ring is 1. The molecule has 7 heteroatoms. The Balaban J connectivity index is 2.17. The minimum absolute atomic E-state index is 0.0705. The third-order valence-electron chi connectivity index (χ3n) is 3.08. The molecule has 0 bridgehead atoms. The molecule has 108 valence electrons. The second-order valence-corrected chi connectivity index (χ2v) is 5.95. The second kappa shape index (κ2) is 6.15. The fourth-order valence-corrected chi connectivity index (χ4v) is 2.53. The molecule has 0 fully saturated rings. The van der Waals surface area contributed by atoms with Gasteiger partial charge in [-0.15, -0.1) is 11.3 Å². The van der Waals surface area contributed by atoms with Gasteiger partial charge < -0.3 is 10.6 Å². The molecular weight excluding hydrogens is 272 g/mol. The molecule has 6 nitrogen and oxygen atoms in total. The summed E-state index contributed by atoms with van der Waals surface area (Å²) in [6, 6.07) is 4.26. The van der Waals surface area contributed by atoms with Crippen molar-refractivity contribution < 1.29 is 0 Å². The largest absolute Gasteiger partial charge is 0.368 e. The summed E-state index contributed by atoms with van der Waals surface area (Å²) in [7, 11) is 5.83. The first-order valence-corrected chi connectivity index (χ1v) is 7.26. The van der Waals surface area contributed by atoms with Gasteiger partial charge in [0.1, 0.15) is 0 Å². The topological polar surface area (TPSA) is 71.2 Å². The summed E-state index contributed by atoms with van der Waals surface area (Å²) in [6.07, 6.45) is 0. The van der Waals surface area contributed by atoms with Crippen LogP contribution in [-0.2, 0) is 6.54 Å². The zero-order valence-electron chi connectivity index (χ0n) is 12.2. The lowest BCUT2D eigenvalue weighted by Gasteiger charge is -2.23. The number of anilines is 2. The summed E-state index contributed by atoms with van der Waals surface area (Å²) in [5, 5.41) is 2.08. The van der Waals surface area contributed by atoms with E-state index in [9.17, 15) is 0 Å². The van der Waals surface area contributed by atoms with Gasteiger partial charge in [-0.05, 0) is 25.4 Å². The third-order valence-corrected chi connectivity index (χ3v) is 3.94. The molecule has 0 spiro atoms. The Hall–Kier alpha value is -1.73. The van der Waals surface area contributed by atoms with E-state index in [2.05, 4.69) is 51.3 Å². The SMILES string of the molecule is CC(c1nc(N)nc(N(C)C)n1)N(C)Cc1cccs1. The van der Waals surface area contributed by atoms with Gasteiger partial charge in [-0.1, -0.05) is 6.07 Å². The molecule has 0 radical (unpaired) electrons. The maximum Gasteiger partial charge on any atom is 0.229 e. The van der Waals surface area contributed by atoms with E-state index in [0.29, 0.717) is 11.8 Å². The first-order valence-electron chi connectivity index (χ1n) is 6.38. The van der Waals surface area contributed by atoms with Crippen LogP contribution in [0.2, 0.25) is 0 Å². The highest BCUT2D eigenvalue weighted by molar-refractivity contribution is 7.09. The minimum Gasteiger partial charge on any atom is -0.368 e. The van der Waals surface area contributed by atoms with Gasteiger partial charge in [0.2, 0.25) is 11.9 Å². The van der Waals surface area contributed by atoms with Crippen molar-refractivity contribution in [3.05, 3.63) is 28.2 Å². The monoisotopic (exact) mass is 292 g/mol. The Morgan fingerprint density at radius 1 is 1.25 bits per heavy atom. The Kier molecular flexibility index (Phi) is 4.51. The Labute approximate surface area is 123 Å². The summed E-state index contributed by atoms with van der Waals surface area (Å²) >= 11 is 1.75. The van der Waals surface area contributed by atoms with Crippen molar-refractivity contribution in [2.75, 3.05) is 31.8 Å². The maximum atomic E-state index is 5.77. The van der Waals surface area contributed by atoms with E-state index in [1.807, 2.05) is 19.0 Å². The van der Waals surface area contributed by atoms with Gasteiger partial charge in [0.05, 0.1) is 6.04 Å². The molecule has 0 saturated carbocycles. The highest BCUT2D eigenvalue weighted by atomic mass is 32.1. The van der Waals surface area contributed by atoms with Gasteiger partial charge in [0, 0.05) is 25.5 Å². The fraction of sp³-hybridized carbons (Fsp3) is 0.462. The van der Waals surface area contributed by atoms with Crippen molar-refractivity contribution in [1.82, 2.24) is 19.9 Å². The first-order chi connectivity index (χ1) is 9.47. The second-order valence-electron chi connectivity index (χ2n) is 4.92. The van der Waals surface area contributed by atoms with E-state index in [0.717, 1.165) is 6.54 Å². The smallest absolute Gasteiger partial charge is 0.229 e. The molecule has 0 amide bonds. The van der Waals surface area contributed by atoms with E-state index >= 15 is 0 Å². The lowest BCUT2D eigenvalue weighted by molar-refractivity contribution is 0.246. The van der Waals surface area contributed by atoms with Crippen LogP contribution in [-0.4, -0.2) is 41.0 Å². The molecule has 1 unspecified atom stereocenters. The summed E-state index contributed by atoms with van der Waals surface area (Å²) in [5.74, 6) is 1.54. The number of thiophene rings is 1. The minimum atomic E-state index is 0.0705. The van der Waals surface area contributed by atoms with Crippen LogP contribution >= 0.6 is 11.3 Å². The lowest BCUT2D eigenvalue weighted by Crippen LogP contribution is -2.25. The Bertz CT molecular complexity index is 554. The number of hydrogen-bond donors (Lipinski definition) is 1. The van der Waals surface area contributed by atoms with Crippen LogP contribution in [0.15, 0.2) is 17.5 Å². The average molecular weight is 292 g/mol. The summed E-state index contributed by atoms with van der Waals surface area (Å²) in [6.45, 7) is 2.93. The van der Waals surface area contributed by atoms with Crippen LogP contribution in [0.25, 0.3) is 0 Å². The fourth-order valence-electron chi connectivity index (χ4n) is 1.77. The van der Waals surface area contributed by atoms with E-state index in [1.165, 1.54) is 4.88 Å². The normalized spacial score (nSPS) is 12.7. The first kappa shape index (κ1) is 14.7. The molecule has 1 atom stereocenters. The van der Waals surface area contributed by atoms with Gasteiger partial charge in [-0.25, -0.2) is 0 Å². The van der Waals surface area contributed by atoms with Gasteiger partial charge in [0.15, 0.2) is 5.82 Å². The van der Waals surface area contributed by atoms with Gasteiger partial charge in [-0.2, -0.15) is 15.0 Å². The summed E-state index contributed by atoms with van der Waals surface area (Å²) in [5.41, 5.74) is 5.77. The summed E-state index contributed by atoms with van der Waals surface area (Å²) < 4.78 is 0. The van der Waals surface area contributed by atoms with Crippen molar-refractivity contribution in [3.8, 4) is 0 Å². The van der Waals surface area contributed by atoms with E-state index in [4.69, 9.17) is 5.73 Å². The van der Waals surface area contributed by atoms with Crippen LogP contribution in [0.4, 0.5) is 11.9 Å². The molecular formula is C13H20N6S. The van der Waals surface area contributed by atoms with Crippen molar-refractivity contribution in [3.63, 3.8) is 0 Å². The molecule has 0 aliphatic carbocycles. The molecule has 2 heterocycles. The summed E-state index contributed by atoms with van der Waals surface area (Å²) in [4.78, 5) is 18.2. The van der Waals surface area contributed by atoms with Crippen molar-refractivity contribution >= 4 is 23.2 Å². The van der Waals surface area contributed by atoms with E-state index in [1.54, 1.807) is 11.3 Å². The third kappa shape index (κ3) is 3.43. The van der Waals surface area contributed by atoms with Gasteiger partial charge in [-0.3, -0.25) is 4.90 Å². The lowest BCUT2D eigenvalue weighted by atomic mass is 10.2. The molecule has 0 aliphatic rings. The molecule has 2 N–H and O–H groups in total. The van der Waals surface area contributed by atoms with Gasteiger partial charge >= 0.3 is 0 Å². The van der Waals surface area contributed by atoms with E-state index in [-0.39, 0.29) is 12.0 Å². The number of aromatic nitrogens is 3. The highest BCUT2D eigenvalue weighted by Gasteiger charge is 2.17. The molecule has 2 rings (SSSR count). The quantitative estimate of drug-likeness (QED) is 0.905. The maximum absolute atomic E-state index is 5.77. The standard InChI is InChI=1S/C13H20N6S/c1-9(19(4)8-10-6-5-7-20-10)11-15-12(14)17-13(16-11)18(2)3/h5-7,9H,8H2,1-4H3,(H2,14,15,16,17). The number of hydrogen-bond acceptors (Lipinski definition) is 7. The van der Waals surface area contributed by atoms with Crippen molar-refractivity contribution in [2.45, 2.75) is 19.5 Å². The zero-order chi connectivity index (χ0) is 14.7. The average Bonchev–Trinajstić information content (AvgIpc) is 2.89. The Morgan fingerprint density at radius 2 is 2.00 bits per heavy atom. The number of nitrogens with zero attached hydrogens (tertiary/aromatic N) is 5. The molecule has 2 aromatic rings. The predicted octanol–water partition coefficient (Wildman–Crippen LogP) is 1.77. The molecule has 2 aromatic heterocycles.